The Morgan fingerprint density at radius 2 is 1.78 bits per heavy atom. The van der Waals surface area contributed by atoms with Gasteiger partial charge in [0.1, 0.15) is 5.82 Å². The molecule has 1 fully saturated rings. The molecule has 0 spiro atoms. The Kier molecular flexibility index (Phi) is 6.22. The molecule has 0 atom stereocenters. The third-order valence-electron chi connectivity index (χ3n) is 5.07. The van der Waals surface area contributed by atoms with E-state index in [-0.39, 0.29) is 18.4 Å². The Morgan fingerprint density at radius 3 is 2.44 bits per heavy atom. The molecule has 2 amide bonds. The molecule has 3 rings (SSSR count). The van der Waals surface area contributed by atoms with Gasteiger partial charge in [-0.2, -0.15) is 0 Å². The highest BCUT2D eigenvalue weighted by Gasteiger charge is 2.18. The number of hydrogen-bond donors (Lipinski definition) is 1. The lowest BCUT2D eigenvalue weighted by Crippen LogP contribution is -2.34. The van der Waals surface area contributed by atoms with E-state index >= 15 is 0 Å². The van der Waals surface area contributed by atoms with Crippen LogP contribution in [0.3, 0.4) is 0 Å². The molecule has 0 bridgehead atoms. The molecule has 2 aromatic rings. The van der Waals surface area contributed by atoms with Crippen LogP contribution >= 0.6 is 0 Å². The summed E-state index contributed by atoms with van der Waals surface area (Å²) in [5.41, 5.74) is 2.23. The van der Waals surface area contributed by atoms with Gasteiger partial charge in [-0.1, -0.05) is 37.5 Å². The van der Waals surface area contributed by atoms with E-state index in [1.807, 2.05) is 24.3 Å². The summed E-state index contributed by atoms with van der Waals surface area (Å²) in [5.74, 6) is -0.400. The van der Waals surface area contributed by atoms with Gasteiger partial charge in [-0.3, -0.25) is 9.59 Å². The van der Waals surface area contributed by atoms with Crippen LogP contribution in [0.1, 0.15) is 53.9 Å². The standard InChI is InChI=1S/C22H25FN2O2/c1-25(15-21(26)24-20-9-5-8-19(23)14-20)22(27)18-12-10-17(11-13-18)16-6-3-2-4-7-16/h5,8-14,16H,2-4,6-7,15H2,1H3,(H,24,26). The summed E-state index contributed by atoms with van der Waals surface area (Å²) in [6.45, 7) is -0.0975. The number of nitrogens with zero attached hydrogens (tertiary/aromatic N) is 1. The van der Waals surface area contributed by atoms with E-state index in [0.29, 0.717) is 17.2 Å². The Bertz CT molecular complexity index is 798. The Balaban J connectivity index is 1.57. The number of carbonyl (C=O) groups excluding carboxylic acids is 2. The maximum Gasteiger partial charge on any atom is 0.254 e. The van der Waals surface area contributed by atoms with Gasteiger partial charge in [0.05, 0.1) is 6.54 Å². The van der Waals surface area contributed by atoms with Gasteiger partial charge >= 0.3 is 0 Å². The van der Waals surface area contributed by atoms with E-state index < -0.39 is 5.82 Å². The summed E-state index contributed by atoms with van der Waals surface area (Å²) >= 11 is 0. The van der Waals surface area contributed by atoms with Gasteiger partial charge in [0.15, 0.2) is 0 Å². The van der Waals surface area contributed by atoms with Crippen LogP contribution in [0.4, 0.5) is 10.1 Å². The number of rotatable bonds is 5. The number of likely N-dealkylation sites (N-methyl/N-ethyl adjacent to an activating group) is 1. The molecule has 0 aromatic heterocycles. The first-order valence-corrected chi connectivity index (χ1v) is 9.44. The third kappa shape index (κ3) is 5.16. The first kappa shape index (κ1) is 19.1. The maximum absolute atomic E-state index is 13.2. The maximum atomic E-state index is 13.2. The molecular weight excluding hydrogens is 343 g/mol. The second-order valence-corrected chi connectivity index (χ2v) is 7.18. The molecule has 1 N–H and O–H groups in total. The molecule has 0 unspecified atom stereocenters. The van der Waals surface area contributed by atoms with Crippen molar-refractivity contribution in [1.29, 1.82) is 0 Å². The lowest BCUT2D eigenvalue weighted by molar-refractivity contribution is -0.116. The van der Waals surface area contributed by atoms with Crippen LogP contribution in [0.2, 0.25) is 0 Å². The van der Waals surface area contributed by atoms with Crippen molar-refractivity contribution < 1.29 is 14.0 Å². The zero-order valence-corrected chi connectivity index (χ0v) is 15.6. The second-order valence-electron chi connectivity index (χ2n) is 7.18. The van der Waals surface area contributed by atoms with E-state index in [9.17, 15) is 14.0 Å². The van der Waals surface area contributed by atoms with Crippen LogP contribution in [0, 0.1) is 5.82 Å². The zero-order chi connectivity index (χ0) is 19.2. The largest absolute Gasteiger partial charge is 0.332 e. The SMILES string of the molecule is CN(CC(=O)Nc1cccc(F)c1)C(=O)c1ccc(C2CCCCC2)cc1. The van der Waals surface area contributed by atoms with Gasteiger partial charge in [-0.25, -0.2) is 4.39 Å². The number of amides is 2. The molecule has 0 heterocycles. The summed E-state index contributed by atoms with van der Waals surface area (Å²) in [5, 5.41) is 2.60. The van der Waals surface area contributed by atoms with Gasteiger partial charge in [-0.05, 0) is 54.7 Å². The highest BCUT2D eigenvalue weighted by molar-refractivity contribution is 5.99. The van der Waals surface area contributed by atoms with Crippen molar-refractivity contribution in [2.24, 2.45) is 0 Å². The van der Waals surface area contributed by atoms with E-state index in [0.717, 1.165) is 0 Å². The lowest BCUT2D eigenvalue weighted by atomic mass is 9.84. The smallest absolute Gasteiger partial charge is 0.254 e. The Hall–Kier alpha value is -2.69. The van der Waals surface area contributed by atoms with Crippen LogP contribution in [0.25, 0.3) is 0 Å². The molecule has 2 aromatic carbocycles. The normalized spacial score (nSPS) is 14.6. The van der Waals surface area contributed by atoms with Crippen LogP contribution in [-0.4, -0.2) is 30.3 Å². The molecule has 142 valence electrons. The summed E-state index contributed by atoms with van der Waals surface area (Å²) in [4.78, 5) is 26.0. The molecule has 27 heavy (non-hydrogen) atoms. The number of carbonyl (C=O) groups is 2. The summed E-state index contributed by atoms with van der Waals surface area (Å²) in [6.07, 6.45) is 6.29. The first-order chi connectivity index (χ1) is 13.0. The van der Waals surface area contributed by atoms with Crippen LogP contribution < -0.4 is 5.32 Å². The molecule has 1 aliphatic carbocycles. The molecule has 0 aliphatic heterocycles. The molecular formula is C22H25FN2O2. The minimum atomic E-state index is -0.421. The number of hydrogen-bond acceptors (Lipinski definition) is 2. The summed E-state index contributed by atoms with van der Waals surface area (Å²) < 4.78 is 13.2. The average Bonchev–Trinajstić information content (AvgIpc) is 2.68. The van der Waals surface area contributed by atoms with Crippen LogP contribution in [0.15, 0.2) is 48.5 Å². The second kappa shape index (κ2) is 8.80. The highest BCUT2D eigenvalue weighted by Crippen LogP contribution is 2.32. The molecule has 1 saturated carbocycles. The number of benzene rings is 2. The quantitative estimate of drug-likeness (QED) is 0.839. The highest BCUT2D eigenvalue weighted by atomic mass is 19.1. The van der Waals surface area contributed by atoms with Crippen molar-refractivity contribution in [2.45, 2.75) is 38.0 Å². The monoisotopic (exact) mass is 368 g/mol. The van der Waals surface area contributed by atoms with Gasteiger partial charge in [-0.15, -0.1) is 0 Å². The minimum absolute atomic E-state index is 0.0975. The fourth-order valence-electron chi connectivity index (χ4n) is 3.61. The van der Waals surface area contributed by atoms with Crippen molar-refractivity contribution in [3.8, 4) is 0 Å². The number of nitrogens with one attached hydrogen (secondary N) is 1. The predicted octanol–water partition coefficient (Wildman–Crippen LogP) is 4.58. The van der Waals surface area contributed by atoms with Crippen molar-refractivity contribution in [3.05, 3.63) is 65.5 Å². The van der Waals surface area contributed by atoms with E-state index in [1.54, 1.807) is 13.1 Å². The fourth-order valence-corrected chi connectivity index (χ4v) is 3.61. The van der Waals surface area contributed by atoms with Gasteiger partial charge in [0.25, 0.3) is 5.91 Å². The Morgan fingerprint density at radius 1 is 1.07 bits per heavy atom. The average molecular weight is 368 g/mol. The topological polar surface area (TPSA) is 49.4 Å². The summed E-state index contributed by atoms with van der Waals surface area (Å²) in [6, 6.07) is 13.4. The van der Waals surface area contributed by atoms with Crippen molar-refractivity contribution in [2.75, 3.05) is 18.9 Å². The Labute approximate surface area is 159 Å². The van der Waals surface area contributed by atoms with Crippen molar-refractivity contribution in [1.82, 2.24) is 4.90 Å². The first-order valence-electron chi connectivity index (χ1n) is 9.44. The molecule has 5 heteroatoms. The van der Waals surface area contributed by atoms with Crippen LogP contribution in [0.5, 0.6) is 0 Å². The fraction of sp³-hybridized carbons (Fsp3) is 0.364. The van der Waals surface area contributed by atoms with E-state index in [4.69, 9.17) is 0 Å². The third-order valence-corrected chi connectivity index (χ3v) is 5.07. The zero-order valence-electron chi connectivity index (χ0n) is 15.6. The number of halogens is 1. The summed E-state index contributed by atoms with van der Waals surface area (Å²) in [7, 11) is 1.59. The van der Waals surface area contributed by atoms with Gasteiger partial charge < -0.3 is 10.2 Å². The van der Waals surface area contributed by atoms with E-state index in [1.165, 1.54) is 60.8 Å². The lowest BCUT2D eigenvalue weighted by Gasteiger charge is -2.22. The molecule has 4 nitrogen and oxygen atoms in total. The van der Waals surface area contributed by atoms with Gasteiger partial charge in [0.2, 0.25) is 5.91 Å². The number of anilines is 1. The molecule has 0 radical (unpaired) electrons. The van der Waals surface area contributed by atoms with E-state index in [2.05, 4.69) is 5.32 Å². The van der Waals surface area contributed by atoms with Crippen molar-refractivity contribution in [3.63, 3.8) is 0 Å². The van der Waals surface area contributed by atoms with Crippen molar-refractivity contribution >= 4 is 17.5 Å². The molecule has 1 aliphatic rings. The van der Waals surface area contributed by atoms with Gasteiger partial charge in [0, 0.05) is 18.3 Å². The predicted molar refractivity (Wildman–Crippen MR) is 104 cm³/mol. The molecule has 0 saturated heterocycles. The minimum Gasteiger partial charge on any atom is -0.332 e. The van der Waals surface area contributed by atoms with Crippen LogP contribution in [-0.2, 0) is 4.79 Å².